The van der Waals surface area contributed by atoms with Gasteiger partial charge in [-0.2, -0.15) is 4.98 Å². The topological polar surface area (TPSA) is 118 Å². The van der Waals surface area contributed by atoms with Gasteiger partial charge in [-0.1, -0.05) is 0 Å². The molecule has 0 unspecified atom stereocenters. The third-order valence-corrected chi connectivity index (χ3v) is 3.25. The zero-order valence-corrected chi connectivity index (χ0v) is 10.0. The maximum Gasteiger partial charge on any atom is 0.306 e. The lowest BCUT2D eigenvalue weighted by molar-refractivity contribution is -0.143. The van der Waals surface area contributed by atoms with Crippen LogP contribution in [0.5, 0.6) is 0 Å². The normalized spacial score (nSPS) is 17.8. The summed E-state index contributed by atoms with van der Waals surface area (Å²) < 4.78 is 0. The highest BCUT2D eigenvalue weighted by Crippen LogP contribution is 2.20. The average Bonchev–Trinajstić information content (AvgIpc) is 2.33. The van der Waals surface area contributed by atoms with Crippen LogP contribution in [0.25, 0.3) is 0 Å². The summed E-state index contributed by atoms with van der Waals surface area (Å²) in [4.78, 5) is 20.8. The van der Waals surface area contributed by atoms with Crippen molar-refractivity contribution in [1.82, 2.24) is 14.9 Å². The van der Waals surface area contributed by atoms with E-state index in [1.165, 1.54) is 0 Å². The van der Waals surface area contributed by atoms with Crippen LogP contribution in [-0.4, -0.2) is 39.0 Å². The summed E-state index contributed by atoms with van der Waals surface area (Å²) in [6.07, 6.45) is 2.97. The highest BCUT2D eigenvalue weighted by molar-refractivity contribution is 5.70. The maximum atomic E-state index is 10.8. The summed E-state index contributed by atoms with van der Waals surface area (Å²) >= 11 is 0. The predicted molar refractivity (Wildman–Crippen MR) is 66.5 cm³/mol. The number of aliphatic carboxylic acids is 1. The number of rotatable bonds is 3. The molecule has 2 rings (SSSR count). The highest BCUT2D eigenvalue weighted by atomic mass is 16.4. The van der Waals surface area contributed by atoms with Gasteiger partial charge < -0.3 is 16.6 Å². The fraction of sp³-hybridized carbons (Fsp3) is 0.545. The highest BCUT2D eigenvalue weighted by Gasteiger charge is 2.24. The molecular weight excluding hydrogens is 234 g/mol. The van der Waals surface area contributed by atoms with Gasteiger partial charge in [0.2, 0.25) is 5.95 Å². The van der Waals surface area contributed by atoms with Gasteiger partial charge in [-0.25, -0.2) is 4.98 Å². The Balaban J connectivity index is 1.93. The number of nitrogen functional groups attached to an aromatic ring is 2. The van der Waals surface area contributed by atoms with Gasteiger partial charge >= 0.3 is 5.97 Å². The Morgan fingerprint density at radius 3 is 2.67 bits per heavy atom. The lowest BCUT2D eigenvalue weighted by Gasteiger charge is -2.30. The molecule has 1 aliphatic rings. The van der Waals surface area contributed by atoms with Crippen molar-refractivity contribution in [3.05, 3.63) is 11.8 Å². The zero-order valence-electron chi connectivity index (χ0n) is 10.0. The smallest absolute Gasteiger partial charge is 0.306 e. The van der Waals surface area contributed by atoms with E-state index in [-0.39, 0.29) is 11.9 Å². The molecule has 0 atom stereocenters. The number of anilines is 2. The Morgan fingerprint density at radius 1 is 1.44 bits per heavy atom. The molecule has 0 aliphatic carbocycles. The van der Waals surface area contributed by atoms with Crippen LogP contribution in [0, 0.1) is 5.92 Å². The summed E-state index contributed by atoms with van der Waals surface area (Å²) in [6.45, 7) is 2.14. The Kier molecular flexibility index (Phi) is 3.61. The van der Waals surface area contributed by atoms with Crippen LogP contribution in [0.2, 0.25) is 0 Å². The van der Waals surface area contributed by atoms with Crippen LogP contribution >= 0.6 is 0 Å². The number of nitrogens with two attached hydrogens (primary N) is 2. The van der Waals surface area contributed by atoms with Crippen molar-refractivity contribution in [1.29, 1.82) is 0 Å². The second-order valence-electron chi connectivity index (χ2n) is 4.53. The van der Waals surface area contributed by atoms with Gasteiger partial charge in [0.25, 0.3) is 0 Å². The van der Waals surface area contributed by atoms with Crippen molar-refractivity contribution in [3.8, 4) is 0 Å². The van der Waals surface area contributed by atoms with E-state index in [0.717, 1.165) is 18.7 Å². The van der Waals surface area contributed by atoms with E-state index >= 15 is 0 Å². The Morgan fingerprint density at radius 2 is 2.11 bits per heavy atom. The van der Waals surface area contributed by atoms with Crippen molar-refractivity contribution >= 4 is 17.7 Å². The molecule has 7 heteroatoms. The molecule has 5 N–H and O–H groups in total. The number of likely N-dealkylation sites (tertiary alicyclic amines) is 1. The van der Waals surface area contributed by atoms with Crippen LogP contribution in [0.3, 0.4) is 0 Å². The molecular formula is C11H17N5O2. The number of hydrogen-bond acceptors (Lipinski definition) is 6. The van der Waals surface area contributed by atoms with Gasteiger partial charge in [0.1, 0.15) is 5.82 Å². The minimum Gasteiger partial charge on any atom is -0.481 e. The first-order chi connectivity index (χ1) is 8.56. The summed E-state index contributed by atoms with van der Waals surface area (Å²) in [7, 11) is 0. The van der Waals surface area contributed by atoms with Gasteiger partial charge in [0.05, 0.1) is 5.92 Å². The van der Waals surface area contributed by atoms with E-state index in [4.69, 9.17) is 16.6 Å². The third-order valence-electron chi connectivity index (χ3n) is 3.25. The van der Waals surface area contributed by atoms with Gasteiger partial charge in [-0.3, -0.25) is 9.69 Å². The first-order valence-corrected chi connectivity index (χ1v) is 5.88. The van der Waals surface area contributed by atoms with E-state index in [1.807, 2.05) is 0 Å². The zero-order chi connectivity index (χ0) is 13.1. The number of aromatic nitrogens is 2. The molecule has 2 heterocycles. The molecule has 0 radical (unpaired) electrons. The van der Waals surface area contributed by atoms with Gasteiger partial charge in [-0.15, -0.1) is 0 Å². The number of carboxylic acid groups (broad SMARTS) is 1. The standard InChI is InChI=1S/C11H17N5O2/c12-9-8(5-14-11(13)15-9)6-16-3-1-7(2-4-16)10(17)18/h5,7H,1-4,6H2,(H,17,18)(H4,12,13,14,15). The summed E-state index contributed by atoms with van der Waals surface area (Å²) in [5.41, 5.74) is 12.0. The molecule has 1 aliphatic heterocycles. The third kappa shape index (κ3) is 2.86. The second kappa shape index (κ2) is 5.18. The van der Waals surface area contributed by atoms with E-state index in [0.29, 0.717) is 25.2 Å². The summed E-state index contributed by atoms with van der Waals surface area (Å²) in [5, 5.41) is 8.92. The lowest BCUT2D eigenvalue weighted by atomic mass is 9.97. The van der Waals surface area contributed by atoms with Crippen molar-refractivity contribution in [3.63, 3.8) is 0 Å². The predicted octanol–water partition coefficient (Wildman–Crippen LogP) is -0.0624. The molecule has 0 bridgehead atoms. The van der Waals surface area contributed by atoms with Gasteiger partial charge in [-0.05, 0) is 25.9 Å². The number of piperidine rings is 1. The molecule has 0 aromatic carbocycles. The van der Waals surface area contributed by atoms with Gasteiger partial charge in [0.15, 0.2) is 0 Å². The molecule has 1 saturated heterocycles. The monoisotopic (exact) mass is 251 g/mol. The maximum absolute atomic E-state index is 10.8. The van der Waals surface area contributed by atoms with E-state index in [1.54, 1.807) is 6.20 Å². The molecule has 0 spiro atoms. The minimum atomic E-state index is -0.704. The van der Waals surface area contributed by atoms with E-state index in [2.05, 4.69) is 14.9 Å². The molecule has 98 valence electrons. The molecule has 1 fully saturated rings. The molecule has 18 heavy (non-hydrogen) atoms. The lowest BCUT2D eigenvalue weighted by Crippen LogP contribution is -2.36. The first kappa shape index (κ1) is 12.6. The van der Waals surface area contributed by atoms with Crippen LogP contribution in [0.15, 0.2) is 6.20 Å². The molecule has 1 aromatic heterocycles. The van der Waals surface area contributed by atoms with E-state index < -0.39 is 5.97 Å². The molecule has 0 amide bonds. The van der Waals surface area contributed by atoms with Crippen molar-refractivity contribution < 1.29 is 9.90 Å². The number of hydrogen-bond donors (Lipinski definition) is 3. The largest absolute Gasteiger partial charge is 0.481 e. The van der Waals surface area contributed by atoms with Crippen molar-refractivity contribution in [2.24, 2.45) is 5.92 Å². The summed E-state index contributed by atoms with van der Waals surface area (Å²) in [5.74, 6) is -0.366. The average molecular weight is 251 g/mol. The number of carbonyl (C=O) groups is 1. The van der Waals surface area contributed by atoms with Crippen LogP contribution in [-0.2, 0) is 11.3 Å². The molecule has 1 aromatic rings. The summed E-state index contributed by atoms with van der Waals surface area (Å²) in [6, 6.07) is 0. The number of carboxylic acids is 1. The first-order valence-electron chi connectivity index (χ1n) is 5.88. The van der Waals surface area contributed by atoms with Gasteiger partial charge in [0, 0.05) is 18.3 Å². The van der Waals surface area contributed by atoms with Crippen LogP contribution < -0.4 is 11.5 Å². The Hall–Kier alpha value is -1.89. The van der Waals surface area contributed by atoms with Crippen molar-refractivity contribution in [2.45, 2.75) is 19.4 Å². The molecule has 7 nitrogen and oxygen atoms in total. The second-order valence-corrected chi connectivity index (χ2v) is 4.53. The minimum absolute atomic E-state index is 0.167. The van der Waals surface area contributed by atoms with Crippen molar-refractivity contribution in [2.75, 3.05) is 24.6 Å². The van der Waals surface area contributed by atoms with Crippen LogP contribution in [0.4, 0.5) is 11.8 Å². The molecule has 0 saturated carbocycles. The quantitative estimate of drug-likeness (QED) is 0.688. The fourth-order valence-electron chi connectivity index (χ4n) is 2.14. The fourth-order valence-corrected chi connectivity index (χ4v) is 2.14. The Bertz CT molecular complexity index is 443. The SMILES string of the molecule is Nc1ncc(CN2CCC(C(=O)O)CC2)c(N)n1. The Labute approximate surface area is 105 Å². The number of nitrogens with zero attached hydrogens (tertiary/aromatic N) is 3. The van der Waals surface area contributed by atoms with E-state index in [9.17, 15) is 4.79 Å². The van der Waals surface area contributed by atoms with Crippen LogP contribution in [0.1, 0.15) is 18.4 Å².